The smallest absolute Gasteiger partial charge is 0.168 e. The molecule has 98 valence electrons. The lowest BCUT2D eigenvalue weighted by atomic mass is 10.0. The van der Waals surface area contributed by atoms with Crippen molar-refractivity contribution < 1.29 is 13.6 Å². The summed E-state index contributed by atoms with van der Waals surface area (Å²) in [5, 5.41) is 0.268. The average Bonchev–Trinajstić information content (AvgIpc) is 2.38. The average molecular weight is 346 g/mol. The van der Waals surface area contributed by atoms with Crippen LogP contribution in [0.4, 0.5) is 8.78 Å². The van der Waals surface area contributed by atoms with Gasteiger partial charge in [0.2, 0.25) is 0 Å². The van der Waals surface area contributed by atoms with Gasteiger partial charge in [-0.2, -0.15) is 0 Å². The van der Waals surface area contributed by atoms with Crippen LogP contribution in [-0.4, -0.2) is 5.78 Å². The molecule has 0 aliphatic carbocycles. The molecule has 0 saturated heterocycles. The standard InChI is InChI=1S/C14H8BrClF2O/c15-10-5-2-4-9(13(10)16)12(19)7-8-3-1-6-11(17)14(8)18/h1-6H,7H2. The van der Waals surface area contributed by atoms with Crippen molar-refractivity contribution in [3.63, 3.8) is 0 Å². The Morgan fingerprint density at radius 1 is 1.16 bits per heavy atom. The van der Waals surface area contributed by atoms with Gasteiger partial charge in [0, 0.05) is 16.5 Å². The van der Waals surface area contributed by atoms with Gasteiger partial charge in [-0.1, -0.05) is 29.8 Å². The highest BCUT2D eigenvalue weighted by Crippen LogP contribution is 2.27. The van der Waals surface area contributed by atoms with Gasteiger partial charge in [-0.15, -0.1) is 0 Å². The number of Topliss-reactive ketones (excluding diaryl/α,β-unsaturated/α-hetero) is 1. The van der Waals surface area contributed by atoms with Gasteiger partial charge in [-0.3, -0.25) is 4.79 Å². The van der Waals surface area contributed by atoms with Crippen molar-refractivity contribution in [2.45, 2.75) is 6.42 Å². The topological polar surface area (TPSA) is 17.1 Å². The molecule has 0 bridgehead atoms. The van der Waals surface area contributed by atoms with Gasteiger partial charge >= 0.3 is 0 Å². The molecule has 0 N–H and O–H groups in total. The SMILES string of the molecule is O=C(Cc1cccc(F)c1F)c1cccc(Br)c1Cl. The predicted molar refractivity (Wildman–Crippen MR) is 73.5 cm³/mol. The van der Waals surface area contributed by atoms with E-state index in [1.54, 1.807) is 18.2 Å². The molecule has 0 heterocycles. The minimum absolute atomic E-state index is 0.0149. The molecule has 0 radical (unpaired) electrons. The fourth-order valence-electron chi connectivity index (χ4n) is 1.67. The van der Waals surface area contributed by atoms with E-state index in [0.29, 0.717) is 4.47 Å². The minimum atomic E-state index is -0.998. The van der Waals surface area contributed by atoms with Crippen molar-refractivity contribution in [1.82, 2.24) is 0 Å². The molecule has 2 aromatic carbocycles. The van der Waals surface area contributed by atoms with Crippen LogP contribution in [-0.2, 0) is 6.42 Å². The number of rotatable bonds is 3. The van der Waals surface area contributed by atoms with Crippen LogP contribution in [0.3, 0.4) is 0 Å². The van der Waals surface area contributed by atoms with Crippen molar-refractivity contribution >= 4 is 33.3 Å². The number of halogens is 4. The van der Waals surface area contributed by atoms with Gasteiger partial charge in [0.25, 0.3) is 0 Å². The third kappa shape index (κ3) is 3.01. The maximum absolute atomic E-state index is 13.5. The van der Waals surface area contributed by atoms with Crippen LogP contribution in [0.25, 0.3) is 0 Å². The lowest BCUT2D eigenvalue weighted by molar-refractivity contribution is 0.0992. The molecule has 0 aromatic heterocycles. The zero-order valence-corrected chi connectivity index (χ0v) is 11.9. The minimum Gasteiger partial charge on any atom is -0.294 e. The first kappa shape index (κ1) is 14.2. The zero-order valence-electron chi connectivity index (χ0n) is 9.59. The summed E-state index contributed by atoms with van der Waals surface area (Å²) in [5.74, 6) is -2.33. The van der Waals surface area contributed by atoms with Gasteiger partial charge in [0.1, 0.15) is 0 Å². The van der Waals surface area contributed by atoms with Crippen molar-refractivity contribution in [1.29, 1.82) is 0 Å². The van der Waals surface area contributed by atoms with E-state index >= 15 is 0 Å². The van der Waals surface area contributed by atoms with Gasteiger partial charge in [-0.05, 0) is 39.7 Å². The van der Waals surface area contributed by atoms with Crippen molar-refractivity contribution in [3.8, 4) is 0 Å². The van der Waals surface area contributed by atoms with E-state index in [4.69, 9.17) is 11.6 Å². The third-order valence-electron chi connectivity index (χ3n) is 2.63. The van der Waals surface area contributed by atoms with E-state index in [1.807, 2.05) is 0 Å². The second-order valence-corrected chi connectivity index (χ2v) is 5.15. The van der Waals surface area contributed by atoms with Crippen molar-refractivity contribution in [2.75, 3.05) is 0 Å². The van der Waals surface area contributed by atoms with E-state index in [1.165, 1.54) is 12.1 Å². The number of ketones is 1. The summed E-state index contributed by atoms with van der Waals surface area (Å²) in [5.41, 5.74) is 0.292. The molecular formula is C14H8BrClF2O. The van der Waals surface area contributed by atoms with Crippen molar-refractivity contribution in [3.05, 3.63) is 68.7 Å². The molecule has 0 amide bonds. The molecule has 5 heteroatoms. The quantitative estimate of drug-likeness (QED) is 0.730. The van der Waals surface area contributed by atoms with E-state index in [0.717, 1.165) is 6.07 Å². The predicted octanol–water partition coefficient (Wildman–Crippen LogP) is 4.81. The first-order chi connectivity index (χ1) is 9.00. The molecule has 0 aliphatic rings. The van der Waals surface area contributed by atoms with E-state index < -0.39 is 11.6 Å². The Hall–Kier alpha value is -1.26. The summed E-state index contributed by atoms with van der Waals surface area (Å²) in [6, 6.07) is 8.65. The Morgan fingerprint density at radius 3 is 2.58 bits per heavy atom. The maximum atomic E-state index is 13.5. The molecule has 2 rings (SSSR count). The van der Waals surface area contributed by atoms with Gasteiger partial charge in [-0.25, -0.2) is 8.78 Å². The molecule has 2 aromatic rings. The summed E-state index contributed by atoms with van der Waals surface area (Å²) < 4.78 is 27.1. The third-order valence-corrected chi connectivity index (χ3v) is 3.93. The molecule has 0 saturated carbocycles. The van der Waals surface area contributed by atoms with E-state index in [-0.39, 0.29) is 28.4 Å². The number of carbonyl (C=O) groups excluding carboxylic acids is 1. The normalized spacial score (nSPS) is 10.5. The van der Waals surface area contributed by atoms with Crippen LogP contribution < -0.4 is 0 Å². The Kier molecular flexibility index (Phi) is 4.32. The van der Waals surface area contributed by atoms with Gasteiger partial charge < -0.3 is 0 Å². The van der Waals surface area contributed by atoms with Crippen molar-refractivity contribution in [2.24, 2.45) is 0 Å². The Bertz CT molecular complexity index is 643. The highest BCUT2D eigenvalue weighted by molar-refractivity contribution is 9.10. The van der Waals surface area contributed by atoms with Gasteiger partial charge in [0.05, 0.1) is 5.02 Å². The van der Waals surface area contributed by atoms with Crippen LogP contribution in [0.5, 0.6) is 0 Å². The molecular weight excluding hydrogens is 338 g/mol. The molecule has 1 nitrogen and oxygen atoms in total. The maximum Gasteiger partial charge on any atom is 0.168 e. The number of hydrogen-bond acceptors (Lipinski definition) is 1. The molecule has 0 aliphatic heterocycles. The molecule has 0 atom stereocenters. The zero-order chi connectivity index (χ0) is 14.0. The van der Waals surface area contributed by atoms with Crippen LogP contribution >= 0.6 is 27.5 Å². The van der Waals surface area contributed by atoms with E-state index in [9.17, 15) is 13.6 Å². The lowest BCUT2D eigenvalue weighted by Crippen LogP contribution is -2.07. The second-order valence-electron chi connectivity index (χ2n) is 3.91. The second kappa shape index (κ2) is 5.80. The molecule has 0 unspecified atom stereocenters. The van der Waals surface area contributed by atoms with Gasteiger partial charge in [0.15, 0.2) is 17.4 Å². The number of benzene rings is 2. The monoisotopic (exact) mass is 344 g/mol. The number of carbonyl (C=O) groups is 1. The highest BCUT2D eigenvalue weighted by atomic mass is 79.9. The van der Waals surface area contributed by atoms with E-state index in [2.05, 4.69) is 15.9 Å². The van der Waals surface area contributed by atoms with Crippen LogP contribution in [0.2, 0.25) is 5.02 Å². The highest BCUT2D eigenvalue weighted by Gasteiger charge is 2.16. The van der Waals surface area contributed by atoms with Crippen LogP contribution in [0.15, 0.2) is 40.9 Å². The Morgan fingerprint density at radius 2 is 1.84 bits per heavy atom. The summed E-state index contributed by atoms with van der Waals surface area (Å²) in [4.78, 5) is 12.1. The Labute approximate surface area is 122 Å². The molecule has 0 fully saturated rings. The summed E-state index contributed by atoms with van der Waals surface area (Å²) in [6.07, 6.45) is -0.236. The lowest BCUT2D eigenvalue weighted by Gasteiger charge is -2.06. The first-order valence-corrected chi connectivity index (χ1v) is 6.58. The first-order valence-electron chi connectivity index (χ1n) is 5.41. The number of hydrogen-bond donors (Lipinski definition) is 0. The summed E-state index contributed by atoms with van der Waals surface area (Å²) in [7, 11) is 0. The summed E-state index contributed by atoms with van der Waals surface area (Å²) >= 11 is 9.20. The van der Waals surface area contributed by atoms with Crippen LogP contribution in [0, 0.1) is 11.6 Å². The fourth-order valence-corrected chi connectivity index (χ4v) is 2.27. The molecule has 0 spiro atoms. The van der Waals surface area contributed by atoms with Crippen LogP contribution in [0.1, 0.15) is 15.9 Å². The Balaban J connectivity index is 2.31. The molecule has 19 heavy (non-hydrogen) atoms. The summed E-state index contributed by atoms with van der Waals surface area (Å²) in [6.45, 7) is 0. The largest absolute Gasteiger partial charge is 0.294 e. The fraction of sp³-hybridized carbons (Fsp3) is 0.0714.